The van der Waals surface area contributed by atoms with Crippen molar-refractivity contribution in [3.63, 3.8) is 0 Å². The zero-order valence-corrected chi connectivity index (χ0v) is 19.3. The Balaban J connectivity index is 1.91. The molecule has 0 saturated carbocycles. The molecule has 0 aromatic heterocycles. The number of benzene rings is 2. The molecule has 2 aromatic carbocycles. The van der Waals surface area contributed by atoms with Crippen molar-refractivity contribution in [2.45, 2.75) is 27.2 Å². The van der Waals surface area contributed by atoms with Crippen LogP contribution in [-0.4, -0.2) is 44.0 Å². The molecule has 0 aliphatic carbocycles. The van der Waals surface area contributed by atoms with Gasteiger partial charge in [-0.2, -0.15) is 0 Å². The standard InChI is InChI=1S/C26H30N2O4/c1-16-10-11-22(32-5)20(13-16)28-25(29)23(19-8-6-7-9-21(19)31-4)24(26(28)30)27-14-17(2)12-18(3)15-27/h6-11,13,17-18H,12,14-15H2,1-5H3. The number of carbonyl (C=O) groups excluding carboxylic acids is 2. The first-order chi connectivity index (χ1) is 15.3. The SMILES string of the molecule is COc1ccccc1C1=C(N2CC(C)CC(C)C2)C(=O)N(c2cc(C)ccc2OC)C1=O. The normalized spacial score (nSPS) is 21.4. The van der Waals surface area contributed by atoms with E-state index in [0.717, 1.165) is 25.1 Å². The third-order valence-corrected chi connectivity index (χ3v) is 6.20. The van der Waals surface area contributed by atoms with Crippen LogP contribution in [0.4, 0.5) is 5.69 Å². The van der Waals surface area contributed by atoms with E-state index in [0.29, 0.717) is 45.9 Å². The Bertz CT molecular complexity index is 1080. The molecule has 0 N–H and O–H groups in total. The molecule has 0 bridgehead atoms. The summed E-state index contributed by atoms with van der Waals surface area (Å²) in [6.45, 7) is 7.77. The number of methoxy groups -OCH3 is 2. The molecule has 0 spiro atoms. The summed E-state index contributed by atoms with van der Waals surface area (Å²) in [6, 6.07) is 12.9. The minimum atomic E-state index is -0.357. The highest BCUT2D eigenvalue weighted by molar-refractivity contribution is 6.46. The van der Waals surface area contributed by atoms with Gasteiger partial charge in [0.25, 0.3) is 11.8 Å². The van der Waals surface area contributed by atoms with Gasteiger partial charge in [-0.15, -0.1) is 0 Å². The first kappa shape index (κ1) is 21.9. The minimum absolute atomic E-state index is 0.318. The number of amides is 2. The largest absolute Gasteiger partial charge is 0.496 e. The molecule has 2 aliphatic heterocycles. The van der Waals surface area contributed by atoms with Gasteiger partial charge in [0.15, 0.2) is 0 Å². The van der Waals surface area contributed by atoms with Gasteiger partial charge in [-0.3, -0.25) is 9.59 Å². The van der Waals surface area contributed by atoms with Crippen molar-refractivity contribution >= 4 is 23.1 Å². The zero-order valence-electron chi connectivity index (χ0n) is 19.3. The van der Waals surface area contributed by atoms with E-state index in [1.165, 1.54) is 4.90 Å². The van der Waals surface area contributed by atoms with Gasteiger partial charge in [0.2, 0.25) is 0 Å². The van der Waals surface area contributed by atoms with Gasteiger partial charge in [0.05, 0.1) is 25.5 Å². The number of hydrogen-bond acceptors (Lipinski definition) is 5. The Labute approximate surface area is 189 Å². The second-order valence-electron chi connectivity index (χ2n) is 8.90. The predicted octanol–water partition coefficient (Wildman–Crippen LogP) is 4.27. The number of nitrogens with zero attached hydrogens (tertiary/aromatic N) is 2. The third kappa shape index (κ3) is 3.74. The number of imide groups is 1. The van der Waals surface area contributed by atoms with Gasteiger partial charge in [-0.05, 0) is 48.9 Å². The summed E-state index contributed by atoms with van der Waals surface area (Å²) in [7, 11) is 3.12. The van der Waals surface area contributed by atoms with Crippen LogP contribution in [0.2, 0.25) is 0 Å². The van der Waals surface area contributed by atoms with Crippen molar-refractivity contribution in [2.24, 2.45) is 11.8 Å². The number of anilines is 1. The quantitative estimate of drug-likeness (QED) is 0.658. The first-order valence-electron chi connectivity index (χ1n) is 11.0. The van der Waals surface area contributed by atoms with Gasteiger partial charge in [0, 0.05) is 18.7 Å². The molecule has 2 atom stereocenters. The summed E-state index contributed by atoms with van der Waals surface area (Å²) in [6.07, 6.45) is 1.10. The maximum absolute atomic E-state index is 13.9. The lowest BCUT2D eigenvalue weighted by Crippen LogP contribution is -2.42. The van der Waals surface area contributed by atoms with E-state index >= 15 is 0 Å². The smallest absolute Gasteiger partial charge is 0.282 e. The highest BCUT2D eigenvalue weighted by atomic mass is 16.5. The number of aryl methyl sites for hydroxylation is 1. The molecule has 1 saturated heterocycles. The van der Waals surface area contributed by atoms with Crippen LogP contribution in [0.25, 0.3) is 5.57 Å². The average molecular weight is 435 g/mol. The van der Waals surface area contributed by atoms with E-state index in [1.54, 1.807) is 20.3 Å². The highest BCUT2D eigenvalue weighted by Crippen LogP contribution is 2.42. The van der Waals surface area contributed by atoms with Crippen LogP contribution in [-0.2, 0) is 9.59 Å². The van der Waals surface area contributed by atoms with Gasteiger partial charge in [-0.25, -0.2) is 4.90 Å². The van der Waals surface area contributed by atoms with E-state index in [-0.39, 0.29) is 11.8 Å². The van der Waals surface area contributed by atoms with E-state index in [2.05, 4.69) is 18.7 Å². The van der Waals surface area contributed by atoms with Crippen molar-refractivity contribution in [3.8, 4) is 11.5 Å². The molecule has 2 amide bonds. The Hall–Kier alpha value is -3.28. The van der Waals surface area contributed by atoms with Crippen molar-refractivity contribution in [1.29, 1.82) is 0 Å². The van der Waals surface area contributed by atoms with Crippen molar-refractivity contribution in [3.05, 3.63) is 59.3 Å². The number of carbonyl (C=O) groups is 2. The number of para-hydroxylation sites is 1. The number of ether oxygens (including phenoxy) is 2. The first-order valence-corrected chi connectivity index (χ1v) is 11.0. The Kier molecular flexibility index (Phi) is 5.96. The monoisotopic (exact) mass is 434 g/mol. The van der Waals surface area contributed by atoms with Gasteiger partial charge in [0.1, 0.15) is 17.2 Å². The van der Waals surface area contributed by atoms with E-state index in [1.807, 2.05) is 43.3 Å². The molecule has 2 aromatic rings. The van der Waals surface area contributed by atoms with Crippen LogP contribution in [0, 0.1) is 18.8 Å². The molecule has 168 valence electrons. The topological polar surface area (TPSA) is 59.1 Å². The highest BCUT2D eigenvalue weighted by Gasteiger charge is 2.45. The molecular formula is C26H30N2O4. The maximum Gasteiger partial charge on any atom is 0.282 e. The lowest BCUT2D eigenvalue weighted by atomic mass is 9.91. The van der Waals surface area contributed by atoms with Crippen molar-refractivity contribution in [1.82, 2.24) is 4.90 Å². The van der Waals surface area contributed by atoms with E-state index in [9.17, 15) is 9.59 Å². The molecule has 6 heteroatoms. The molecule has 32 heavy (non-hydrogen) atoms. The van der Waals surface area contributed by atoms with Crippen LogP contribution in [0.15, 0.2) is 48.2 Å². The van der Waals surface area contributed by atoms with Crippen LogP contribution in [0.1, 0.15) is 31.4 Å². The molecule has 4 rings (SSSR count). The predicted molar refractivity (Wildman–Crippen MR) is 125 cm³/mol. The van der Waals surface area contributed by atoms with E-state index < -0.39 is 0 Å². The summed E-state index contributed by atoms with van der Waals surface area (Å²) in [5.41, 5.74) is 2.86. The Morgan fingerprint density at radius 2 is 1.53 bits per heavy atom. The average Bonchev–Trinajstić information content (AvgIpc) is 3.02. The molecule has 0 radical (unpaired) electrons. The fourth-order valence-corrected chi connectivity index (χ4v) is 4.94. The maximum atomic E-state index is 13.9. The number of hydrogen-bond donors (Lipinski definition) is 0. The van der Waals surface area contributed by atoms with E-state index in [4.69, 9.17) is 9.47 Å². The zero-order chi connectivity index (χ0) is 23.0. The second kappa shape index (κ2) is 8.69. The Morgan fingerprint density at radius 1 is 0.875 bits per heavy atom. The number of rotatable bonds is 5. The molecule has 6 nitrogen and oxygen atoms in total. The third-order valence-electron chi connectivity index (χ3n) is 6.20. The summed E-state index contributed by atoms with van der Waals surface area (Å²) in [5.74, 6) is 1.23. The summed E-state index contributed by atoms with van der Waals surface area (Å²) >= 11 is 0. The van der Waals surface area contributed by atoms with Crippen LogP contribution in [0.3, 0.4) is 0 Å². The fraction of sp³-hybridized carbons (Fsp3) is 0.385. The molecular weight excluding hydrogens is 404 g/mol. The number of likely N-dealkylation sites (tertiary alicyclic amines) is 1. The molecule has 2 heterocycles. The van der Waals surface area contributed by atoms with Gasteiger partial charge >= 0.3 is 0 Å². The lowest BCUT2D eigenvalue weighted by molar-refractivity contribution is -0.120. The molecule has 2 unspecified atom stereocenters. The summed E-state index contributed by atoms with van der Waals surface area (Å²) in [5, 5.41) is 0. The summed E-state index contributed by atoms with van der Waals surface area (Å²) < 4.78 is 11.1. The lowest BCUT2D eigenvalue weighted by Gasteiger charge is -2.37. The summed E-state index contributed by atoms with van der Waals surface area (Å²) in [4.78, 5) is 31.1. The van der Waals surface area contributed by atoms with Crippen molar-refractivity contribution < 1.29 is 19.1 Å². The van der Waals surface area contributed by atoms with Gasteiger partial charge in [-0.1, -0.05) is 38.1 Å². The van der Waals surface area contributed by atoms with Gasteiger partial charge < -0.3 is 14.4 Å². The Morgan fingerprint density at radius 3 is 2.19 bits per heavy atom. The number of piperidine rings is 1. The molecule has 1 fully saturated rings. The van der Waals surface area contributed by atoms with Crippen LogP contribution < -0.4 is 14.4 Å². The van der Waals surface area contributed by atoms with Crippen LogP contribution >= 0.6 is 0 Å². The fourth-order valence-electron chi connectivity index (χ4n) is 4.94. The molecule has 2 aliphatic rings. The van der Waals surface area contributed by atoms with Crippen molar-refractivity contribution in [2.75, 3.05) is 32.2 Å². The van der Waals surface area contributed by atoms with Crippen LogP contribution in [0.5, 0.6) is 11.5 Å². The second-order valence-corrected chi connectivity index (χ2v) is 8.90. The minimum Gasteiger partial charge on any atom is -0.496 e.